The van der Waals surface area contributed by atoms with Crippen molar-refractivity contribution >= 4 is 23.9 Å². The van der Waals surface area contributed by atoms with Crippen LogP contribution < -0.4 is 5.43 Å². The lowest BCUT2D eigenvalue weighted by atomic mass is 10.0. The molecule has 0 aliphatic carbocycles. The molecule has 37 heavy (non-hydrogen) atoms. The molecular weight excluding hydrogens is 478 g/mol. The predicted octanol–water partition coefficient (Wildman–Crippen LogP) is 6.15. The summed E-state index contributed by atoms with van der Waals surface area (Å²) in [6, 6.07) is 36.3. The summed E-state index contributed by atoms with van der Waals surface area (Å²) >= 11 is 1.32. The monoisotopic (exact) mass is 503 g/mol. The van der Waals surface area contributed by atoms with Gasteiger partial charge in [-0.15, -0.1) is 10.2 Å². The summed E-state index contributed by atoms with van der Waals surface area (Å²) < 4.78 is 1.97. The summed E-state index contributed by atoms with van der Waals surface area (Å²) in [5, 5.41) is 13.6. The molecule has 5 aromatic rings. The molecule has 182 valence electrons. The fourth-order valence-corrected chi connectivity index (χ4v) is 4.54. The van der Waals surface area contributed by atoms with Crippen LogP contribution in [-0.2, 0) is 4.79 Å². The topological polar surface area (TPSA) is 72.2 Å². The van der Waals surface area contributed by atoms with E-state index in [1.54, 1.807) is 6.21 Å². The molecule has 0 saturated heterocycles. The van der Waals surface area contributed by atoms with Crippen LogP contribution in [0.1, 0.15) is 11.1 Å². The number of amides is 1. The molecule has 1 heterocycles. The van der Waals surface area contributed by atoms with Crippen molar-refractivity contribution in [1.29, 1.82) is 0 Å². The van der Waals surface area contributed by atoms with Crippen LogP contribution in [0.25, 0.3) is 28.2 Å². The predicted molar refractivity (Wildman–Crippen MR) is 150 cm³/mol. The molecule has 0 unspecified atom stereocenters. The van der Waals surface area contributed by atoms with Gasteiger partial charge < -0.3 is 0 Å². The first-order valence-corrected chi connectivity index (χ1v) is 12.8. The third-order valence-corrected chi connectivity index (χ3v) is 6.64. The number of carbonyl (C=O) groups is 1. The average Bonchev–Trinajstić information content (AvgIpc) is 3.38. The zero-order valence-corrected chi connectivity index (χ0v) is 21.1. The molecule has 5 rings (SSSR count). The molecule has 0 fully saturated rings. The number of carbonyl (C=O) groups excluding carboxylic acids is 1. The van der Waals surface area contributed by atoms with Crippen LogP contribution >= 0.6 is 11.8 Å². The molecule has 6 nitrogen and oxygen atoms in total. The van der Waals surface area contributed by atoms with Crippen molar-refractivity contribution in [1.82, 2.24) is 20.2 Å². The Balaban J connectivity index is 1.24. The number of aryl methyl sites for hydroxylation is 1. The SMILES string of the molecule is Cc1ccc(-c2nnc(SCC(=O)NN=Cc3ccc(-c4ccccc4)cc3)n2-c2ccccc2)cc1. The van der Waals surface area contributed by atoms with Gasteiger partial charge in [-0.1, -0.05) is 114 Å². The maximum Gasteiger partial charge on any atom is 0.250 e. The van der Waals surface area contributed by atoms with Gasteiger partial charge in [-0.2, -0.15) is 5.10 Å². The van der Waals surface area contributed by atoms with Crippen LogP contribution in [0.2, 0.25) is 0 Å². The fraction of sp³-hybridized carbons (Fsp3) is 0.0667. The number of hydrogen-bond acceptors (Lipinski definition) is 5. The minimum atomic E-state index is -0.221. The van der Waals surface area contributed by atoms with E-state index < -0.39 is 0 Å². The Labute approximate surface area is 220 Å². The maximum atomic E-state index is 12.5. The molecule has 7 heteroatoms. The van der Waals surface area contributed by atoms with Crippen molar-refractivity contribution in [2.24, 2.45) is 5.10 Å². The van der Waals surface area contributed by atoms with E-state index in [2.05, 4.69) is 32.9 Å². The van der Waals surface area contributed by atoms with Gasteiger partial charge in [0.15, 0.2) is 11.0 Å². The van der Waals surface area contributed by atoms with Gasteiger partial charge in [0, 0.05) is 11.3 Å². The molecule has 0 radical (unpaired) electrons. The number of nitrogens with zero attached hydrogens (tertiary/aromatic N) is 4. The zero-order chi connectivity index (χ0) is 25.5. The molecule has 0 saturated carbocycles. The number of rotatable bonds is 8. The van der Waals surface area contributed by atoms with Crippen LogP contribution in [0, 0.1) is 6.92 Å². The fourth-order valence-electron chi connectivity index (χ4n) is 3.80. The van der Waals surface area contributed by atoms with Gasteiger partial charge in [-0.25, -0.2) is 5.43 Å². The Hall–Kier alpha value is -4.49. The van der Waals surface area contributed by atoms with E-state index in [0.717, 1.165) is 33.8 Å². The van der Waals surface area contributed by atoms with Gasteiger partial charge in [-0.3, -0.25) is 9.36 Å². The van der Waals surface area contributed by atoms with Crippen molar-refractivity contribution in [3.05, 3.63) is 120 Å². The highest BCUT2D eigenvalue weighted by Gasteiger charge is 2.17. The average molecular weight is 504 g/mol. The van der Waals surface area contributed by atoms with E-state index in [0.29, 0.717) is 5.16 Å². The Morgan fingerprint density at radius 1 is 0.811 bits per heavy atom. The number of aromatic nitrogens is 3. The van der Waals surface area contributed by atoms with Crippen LogP contribution in [0.3, 0.4) is 0 Å². The van der Waals surface area contributed by atoms with Gasteiger partial charge >= 0.3 is 0 Å². The van der Waals surface area contributed by atoms with Gasteiger partial charge in [-0.05, 0) is 35.7 Å². The largest absolute Gasteiger partial charge is 0.272 e. The highest BCUT2D eigenvalue weighted by Crippen LogP contribution is 2.28. The minimum absolute atomic E-state index is 0.156. The number of hydrogen-bond donors (Lipinski definition) is 1. The van der Waals surface area contributed by atoms with Crippen LogP contribution in [0.4, 0.5) is 0 Å². The smallest absolute Gasteiger partial charge is 0.250 e. The van der Waals surface area contributed by atoms with E-state index in [9.17, 15) is 4.79 Å². The highest BCUT2D eigenvalue weighted by molar-refractivity contribution is 7.99. The minimum Gasteiger partial charge on any atom is -0.272 e. The Morgan fingerprint density at radius 3 is 2.14 bits per heavy atom. The Morgan fingerprint density at radius 2 is 1.43 bits per heavy atom. The standard InChI is InChI=1S/C30H25N5OS/c1-22-12-16-26(17-13-22)29-33-34-30(35(29)27-10-6-3-7-11-27)37-21-28(36)32-31-20-23-14-18-25(19-15-23)24-8-4-2-5-9-24/h2-20H,21H2,1H3,(H,32,36). The van der Waals surface area contributed by atoms with Gasteiger partial charge in [0.05, 0.1) is 12.0 Å². The third kappa shape index (κ3) is 6.02. The van der Waals surface area contributed by atoms with Crippen LogP contribution in [0.5, 0.6) is 0 Å². The summed E-state index contributed by atoms with van der Waals surface area (Å²) in [7, 11) is 0. The molecule has 0 aliphatic heterocycles. The highest BCUT2D eigenvalue weighted by atomic mass is 32.2. The molecule has 0 aliphatic rings. The van der Waals surface area contributed by atoms with Crippen LogP contribution in [0.15, 0.2) is 119 Å². The van der Waals surface area contributed by atoms with Crippen molar-refractivity contribution < 1.29 is 4.79 Å². The molecule has 0 spiro atoms. The first-order chi connectivity index (χ1) is 18.2. The summed E-state index contributed by atoms with van der Waals surface area (Å²) in [5.41, 5.74) is 8.86. The van der Waals surface area contributed by atoms with E-state index in [1.807, 2.05) is 109 Å². The normalized spacial score (nSPS) is 11.1. The second-order valence-electron chi connectivity index (χ2n) is 8.41. The maximum absolute atomic E-state index is 12.5. The molecule has 4 aromatic carbocycles. The second-order valence-corrected chi connectivity index (χ2v) is 9.36. The van der Waals surface area contributed by atoms with E-state index >= 15 is 0 Å². The van der Waals surface area contributed by atoms with Gasteiger partial charge in [0.2, 0.25) is 0 Å². The van der Waals surface area contributed by atoms with Gasteiger partial charge in [0.25, 0.3) is 5.91 Å². The first kappa shape index (κ1) is 24.2. The quantitative estimate of drug-likeness (QED) is 0.157. The van der Waals surface area contributed by atoms with Crippen LogP contribution in [-0.4, -0.2) is 32.6 Å². The first-order valence-electron chi connectivity index (χ1n) is 11.9. The summed E-state index contributed by atoms with van der Waals surface area (Å²) in [6.07, 6.45) is 1.64. The number of thioether (sulfide) groups is 1. The Kier molecular flexibility index (Phi) is 7.52. The lowest BCUT2D eigenvalue weighted by molar-refractivity contribution is -0.118. The van der Waals surface area contributed by atoms with Crippen molar-refractivity contribution in [2.45, 2.75) is 12.1 Å². The lowest BCUT2D eigenvalue weighted by Crippen LogP contribution is -2.20. The molecule has 0 atom stereocenters. The molecule has 1 amide bonds. The van der Waals surface area contributed by atoms with Crippen molar-refractivity contribution in [3.63, 3.8) is 0 Å². The molecule has 0 bridgehead atoms. The molecule has 1 N–H and O–H groups in total. The van der Waals surface area contributed by atoms with E-state index in [4.69, 9.17) is 0 Å². The summed E-state index contributed by atoms with van der Waals surface area (Å²) in [6.45, 7) is 2.05. The van der Waals surface area contributed by atoms with Crippen molar-refractivity contribution in [3.8, 4) is 28.2 Å². The zero-order valence-electron chi connectivity index (χ0n) is 20.3. The van der Waals surface area contributed by atoms with E-state index in [-0.39, 0.29) is 11.7 Å². The number of benzene rings is 4. The third-order valence-electron chi connectivity index (χ3n) is 5.71. The lowest BCUT2D eigenvalue weighted by Gasteiger charge is -2.10. The number of para-hydroxylation sites is 1. The number of hydrazone groups is 1. The molecular formula is C30H25N5OS. The Bertz CT molecular complexity index is 1500. The van der Waals surface area contributed by atoms with E-state index in [1.165, 1.54) is 17.3 Å². The number of nitrogens with one attached hydrogen (secondary N) is 1. The summed E-state index contributed by atoms with van der Waals surface area (Å²) in [4.78, 5) is 12.5. The summed E-state index contributed by atoms with van der Waals surface area (Å²) in [5.74, 6) is 0.663. The molecule has 1 aromatic heterocycles. The van der Waals surface area contributed by atoms with Gasteiger partial charge in [0.1, 0.15) is 0 Å². The second kappa shape index (κ2) is 11.5. The van der Waals surface area contributed by atoms with Crippen molar-refractivity contribution in [2.75, 3.05) is 5.75 Å².